The number of halogens is 2. The molecule has 0 spiro atoms. The van der Waals surface area contributed by atoms with Gasteiger partial charge in [0.2, 0.25) is 5.91 Å². The lowest BCUT2D eigenvalue weighted by atomic mass is 10.1. The molecule has 0 unspecified atom stereocenters. The normalized spacial score (nSPS) is 11.1. The number of rotatable bonds is 5. The zero-order valence-electron chi connectivity index (χ0n) is 15.2. The zero-order valence-corrected chi connectivity index (χ0v) is 16.8. The standard InChI is InChI=1S/C19H15F2N5OS2/c1-10-3-2-4-11(7-10)17-24-25-19(28)26(17)6-5-16(27)23-18-22-14-8-12(20)13(21)9-15(14)29-18/h2-4,7-9H,5-6H2,1H3,(H,25,28)(H,22,23,27). The highest BCUT2D eigenvalue weighted by Crippen LogP contribution is 2.28. The second-order valence-electron chi connectivity index (χ2n) is 6.42. The predicted molar refractivity (Wildman–Crippen MR) is 110 cm³/mol. The quantitative estimate of drug-likeness (QED) is 0.444. The van der Waals surface area contributed by atoms with E-state index in [0.717, 1.165) is 34.6 Å². The monoisotopic (exact) mass is 431 g/mol. The van der Waals surface area contributed by atoms with Crippen LogP contribution in [-0.4, -0.2) is 25.7 Å². The van der Waals surface area contributed by atoms with Gasteiger partial charge in [0.05, 0.1) is 10.2 Å². The number of nitrogens with one attached hydrogen (secondary N) is 2. The van der Waals surface area contributed by atoms with E-state index in [1.807, 2.05) is 31.2 Å². The molecule has 1 amide bonds. The Balaban J connectivity index is 1.48. The molecular weight excluding hydrogens is 416 g/mol. The summed E-state index contributed by atoms with van der Waals surface area (Å²) in [4.78, 5) is 16.5. The third kappa shape index (κ3) is 4.08. The molecular formula is C19H15F2N5OS2. The van der Waals surface area contributed by atoms with E-state index >= 15 is 0 Å². The van der Waals surface area contributed by atoms with E-state index in [-0.39, 0.29) is 17.5 Å². The van der Waals surface area contributed by atoms with Crippen LogP contribution >= 0.6 is 23.6 Å². The number of benzene rings is 2. The summed E-state index contributed by atoms with van der Waals surface area (Å²) in [5.74, 6) is -1.56. The highest BCUT2D eigenvalue weighted by Gasteiger charge is 2.14. The molecule has 0 radical (unpaired) electrons. The molecule has 0 saturated carbocycles. The SMILES string of the molecule is Cc1cccc(-c2n[nH]c(=S)n2CCC(=O)Nc2nc3cc(F)c(F)cc3s2)c1. The van der Waals surface area contributed by atoms with Crippen molar-refractivity contribution in [3.8, 4) is 11.4 Å². The number of H-pyrrole nitrogens is 1. The summed E-state index contributed by atoms with van der Waals surface area (Å²) in [6, 6.07) is 9.90. The smallest absolute Gasteiger partial charge is 0.227 e. The molecule has 10 heteroatoms. The van der Waals surface area contributed by atoms with Gasteiger partial charge in [-0.05, 0) is 31.3 Å². The highest BCUT2D eigenvalue weighted by molar-refractivity contribution is 7.71. The Morgan fingerprint density at radius 2 is 2.07 bits per heavy atom. The fourth-order valence-electron chi connectivity index (χ4n) is 2.90. The Morgan fingerprint density at radius 1 is 1.28 bits per heavy atom. The minimum atomic E-state index is -0.973. The molecule has 2 N–H and O–H groups in total. The minimum Gasteiger partial charge on any atom is -0.302 e. The van der Waals surface area contributed by atoms with Crippen molar-refractivity contribution in [2.45, 2.75) is 19.9 Å². The van der Waals surface area contributed by atoms with Crippen molar-refractivity contribution in [3.05, 3.63) is 58.4 Å². The maximum absolute atomic E-state index is 13.3. The molecule has 2 heterocycles. The number of fused-ring (bicyclic) bond motifs is 1. The Bertz CT molecular complexity index is 1240. The minimum absolute atomic E-state index is 0.130. The molecule has 0 fully saturated rings. The van der Waals surface area contributed by atoms with Gasteiger partial charge in [-0.3, -0.25) is 14.5 Å². The summed E-state index contributed by atoms with van der Waals surface area (Å²) in [7, 11) is 0. The van der Waals surface area contributed by atoms with Crippen molar-refractivity contribution in [3.63, 3.8) is 0 Å². The van der Waals surface area contributed by atoms with Crippen molar-refractivity contribution in [2.24, 2.45) is 0 Å². The van der Waals surface area contributed by atoms with Gasteiger partial charge in [-0.1, -0.05) is 35.1 Å². The second kappa shape index (κ2) is 7.80. The van der Waals surface area contributed by atoms with E-state index in [0.29, 0.717) is 27.4 Å². The molecule has 29 heavy (non-hydrogen) atoms. The fourth-order valence-corrected chi connectivity index (χ4v) is 4.01. The molecule has 0 aliphatic rings. The first-order chi connectivity index (χ1) is 13.9. The van der Waals surface area contributed by atoms with Gasteiger partial charge < -0.3 is 5.32 Å². The van der Waals surface area contributed by atoms with Crippen molar-refractivity contribution in [1.82, 2.24) is 19.7 Å². The number of carbonyl (C=O) groups is 1. The lowest BCUT2D eigenvalue weighted by Crippen LogP contribution is -2.15. The molecule has 6 nitrogen and oxygen atoms in total. The lowest BCUT2D eigenvalue weighted by molar-refractivity contribution is -0.116. The number of nitrogens with zero attached hydrogens (tertiary/aromatic N) is 3. The molecule has 2 aromatic carbocycles. The van der Waals surface area contributed by atoms with Crippen LogP contribution in [0.2, 0.25) is 0 Å². The van der Waals surface area contributed by atoms with Crippen molar-refractivity contribution in [2.75, 3.05) is 5.32 Å². The van der Waals surface area contributed by atoms with Gasteiger partial charge in [-0.25, -0.2) is 13.8 Å². The van der Waals surface area contributed by atoms with Crippen LogP contribution in [0.5, 0.6) is 0 Å². The number of anilines is 1. The largest absolute Gasteiger partial charge is 0.302 e. The summed E-state index contributed by atoms with van der Waals surface area (Å²) in [5, 5.41) is 9.98. The number of aromatic nitrogens is 4. The van der Waals surface area contributed by atoms with Crippen LogP contribution in [-0.2, 0) is 11.3 Å². The lowest BCUT2D eigenvalue weighted by Gasteiger charge is -2.07. The van der Waals surface area contributed by atoms with Crippen LogP contribution < -0.4 is 5.32 Å². The van der Waals surface area contributed by atoms with Crippen molar-refractivity contribution < 1.29 is 13.6 Å². The molecule has 0 bridgehead atoms. The van der Waals surface area contributed by atoms with Crippen molar-refractivity contribution in [1.29, 1.82) is 0 Å². The Labute approximate surface area is 173 Å². The molecule has 0 aliphatic heterocycles. The third-order valence-corrected chi connectivity index (χ3v) is 5.52. The number of aromatic amines is 1. The molecule has 0 saturated heterocycles. The first-order valence-electron chi connectivity index (χ1n) is 8.68. The van der Waals surface area contributed by atoms with Gasteiger partial charge in [0, 0.05) is 24.6 Å². The average Bonchev–Trinajstić information content (AvgIpc) is 3.23. The number of thiazole rings is 1. The van der Waals surface area contributed by atoms with Crippen LogP contribution in [0.3, 0.4) is 0 Å². The Kier molecular flexibility index (Phi) is 5.20. The van der Waals surface area contributed by atoms with Gasteiger partial charge in [0.15, 0.2) is 27.4 Å². The van der Waals surface area contributed by atoms with E-state index in [2.05, 4.69) is 20.5 Å². The summed E-state index contributed by atoms with van der Waals surface area (Å²) in [6.07, 6.45) is 0.130. The van der Waals surface area contributed by atoms with Crippen LogP contribution in [0.25, 0.3) is 21.6 Å². The molecule has 4 aromatic rings. The predicted octanol–water partition coefficient (Wildman–Crippen LogP) is 4.83. The van der Waals surface area contributed by atoms with Gasteiger partial charge in [0.1, 0.15) is 0 Å². The number of hydrogen-bond acceptors (Lipinski definition) is 5. The molecule has 0 aliphatic carbocycles. The Morgan fingerprint density at radius 3 is 2.86 bits per heavy atom. The van der Waals surface area contributed by atoms with E-state index < -0.39 is 11.6 Å². The van der Waals surface area contributed by atoms with Crippen molar-refractivity contribution >= 4 is 44.8 Å². The second-order valence-corrected chi connectivity index (χ2v) is 7.84. The highest BCUT2D eigenvalue weighted by atomic mass is 32.1. The zero-order chi connectivity index (χ0) is 20.5. The van der Waals surface area contributed by atoms with E-state index in [1.54, 1.807) is 4.57 Å². The number of carbonyl (C=O) groups excluding carboxylic acids is 1. The summed E-state index contributed by atoms with van der Waals surface area (Å²) < 4.78 is 29.3. The van der Waals surface area contributed by atoms with Crippen LogP contribution in [0, 0.1) is 23.3 Å². The maximum atomic E-state index is 13.3. The van der Waals surface area contributed by atoms with Crippen LogP contribution in [0.4, 0.5) is 13.9 Å². The van der Waals surface area contributed by atoms with Gasteiger partial charge >= 0.3 is 0 Å². The Hall–Kier alpha value is -2.98. The summed E-state index contributed by atoms with van der Waals surface area (Å²) in [5.41, 5.74) is 2.28. The maximum Gasteiger partial charge on any atom is 0.227 e. The molecule has 0 atom stereocenters. The molecule has 2 aromatic heterocycles. The number of hydrogen-bond donors (Lipinski definition) is 2. The first-order valence-corrected chi connectivity index (χ1v) is 9.91. The topological polar surface area (TPSA) is 75.6 Å². The van der Waals surface area contributed by atoms with Gasteiger partial charge in [-0.2, -0.15) is 5.10 Å². The van der Waals surface area contributed by atoms with Gasteiger partial charge in [-0.15, -0.1) is 0 Å². The van der Waals surface area contributed by atoms with E-state index in [1.165, 1.54) is 0 Å². The van der Waals surface area contributed by atoms with Crippen LogP contribution in [0.15, 0.2) is 36.4 Å². The average molecular weight is 431 g/mol. The van der Waals surface area contributed by atoms with Crippen LogP contribution in [0.1, 0.15) is 12.0 Å². The van der Waals surface area contributed by atoms with E-state index in [9.17, 15) is 13.6 Å². The number of amides is 1. The third-order valence-electron chi connectivity index (χ3n) is 4.27. The summed E-state index contributed by atoms with van der Waals surface area (Å²) >= 11 is 6.37. The summed E-state index contributed by atoms with van der Waals surface area (Å²) in [6.45, 7) is 2.30. The van der Waals surface area contributed by atoms with E-state index in [4.69, 9.17) is 12.2 Å². The molecule has 4 rings (SSSR count). The first kappa shape index (κ1) is 19.3. The molecule has 148 valence electrons. The fraction of sp³-hybridized carbons (Fsp3) is 0.158. The number of aryl methyl sites for hydroxylation is 1. The van der Waals surface area contributed by atoms with Gasteiger partial charge in [0.25, 0.3) is 0 Å².